The van der Waals surface area contributed by atoms with Crippen molar-refractivity contribution in [2.45, 2.75) is 25.7 Å². The van der Waals surface area contributed by atoms with Crippen LogP contribution in [0.4, 0.5) is 11.4 Å². The van der Waals surface area contributed by atoms with Crippen LogP contribution < -0.4 is 16.0 Å². The van der Waals surface area contributed by atoms with Gasteiger partial charge in [-0.1, -0.05) is 12.1 Å². The zero-order valence-corrected chi connectivity index (χ0v) is 10.9. The van der Waals surface area contributed by atoms with E-state index in [1.54, 1.807) is 7.05 Å². The fourth-order valence-electron chi connectivity index (χ4n) is 2.55. The van der Waals surface area contributed by atoms with Crippen molar-refractivity contribution >= 4 is 17.3 Å². The van der Waals surface area contributed by atoms with Crippen LogP contribution in [-0.4, -0.2) is 26.0 Å². The van der Waals surface area contributed by atoms with Gasteiger partial charge in [0.25, 0.3) is 0 Å². The van der Waals surface area contributed by atoms with Crippen molar-refractivity contribution < 1.29 is 4.79 Å². The summed E-state index contributed by atoms with van der Waals surface area (Å²) in [6.45, 7) is 1.93. The normalized spacial score (nSPS) is 14.2. The molecule has 0 aromatic heterocycles. The van der Waals surface area contributed by atoms with Gasteiger partial charge in [0.15, 0.2) is 0 Å². The van der Waals surface area contributed by atoms with Crippen LogP contribution >= 0.6 is 0 Å². The molecule has 1 aromatic rings. The second kappa shape index (κ2) is 5.76. The molecule has 4 heteroatoms. The SMILES string of the molecule is CNC(=O)CCCN1CCCc2cccc(N)c21. The lowest BCUT2D eigenvalue weighted by Gasteiger charge is -2.32. The molecule has 4 nitrogen and oxygen atoms in total. The Morgan fingerprint density at radius 2 is 2.33 bits per heavy atom. The molecule has 1 aliphatic rings. The van der Waals surface area contributed by atoms with E-state index in [0.717, 1.165) is 38.0 Å². The zero-order valence-electron chi connectivity index (χ0n) is 10.9. The molecular weight excluding hydrogens is 226 g/mol. The number of hydrogen-bond acceptors (Lipinski definition) is 3. The number of amides is 1. The number of nitrogen functional groups attached to an aromatic ring is 1. The van der Waals surface area contributed by atoms with Crippen molar-refractivity contribution in [3.8, 4) is 0 Å². The lowest BCUT2D eigenvalue weighted by Crippen LogP contribution is -2.32. The van der Waals surface area contributed by atoms with Crippen molar-refractivity contribution in [2.75, 3.05) is 30.8 Å². The van der Waals surface area contributed by atoms with Gasteiger partial charge in [-0.15, -0.1) is 0 Å². The topological polar surface area (TPSA) is 58.4 Å². The van der Waals surface area contributed by atoms with Gasteiger partial charge in [0.1, 0.15) is 0 Å². The predicted octanol–water partition coefficient (Wildman–Crippen LogP) is 1.55. The molecule has 3 N–H and O–H groups in total. The molecule has 18 heavy (non-hydrogen) atoms. The smallest absolute Gasteiger partial charge is 0.219 e. The number of carbonyl (C=O) groups is 1. The van der Waals surface area contributed by atoms with Gasteiger partial charge >= 0.3 is 0 Å². The highest BCUT2D eigenvalue weighted by Gasteiger charge is 2.18. The molecule has 0 unspecified atom stereocenters. The van der Waals surface area contributed by atoms with Crippen molar-refractivity contribution in [1.82, 2.24) is 5.32 Å². The number of carbonyl (C=O) groups excluding carboxylic acids is 1. The van der Waals surface area contributed by atoms with Crippen LogP contribution in [0.3, 0.4) is 0 Å². The Morgan fingerprint density at radius 3 is 3.11 bits per heavy atom. The minimum atomic E-state index is 0.105. The van der Waals surface area contributed by atoms with Gasteiger partial charge in [-0.3, -0.25) is 4.79 Å². The molecule has 1 aliphatic heterocycles. The third kappa shape index (κ3) is 2.75. The van der Waals surface area contributed by atoms with E-state index < -0.39 is 0 Å². The van der Waals surface area contributed by atoms with E-state index in [9.17, 15) is 4.79 Å². The van der Waals surface area contributed by atoms with Gasteiger partial charge in [0.2, 0.25) is 5.91 Å². The van der Waals surface area contributed by atoms with Crippen LogP contribution in [0.15, 0.2) is 18.2 Å². The number of anilines is 2. The Morgan fingerprint density at radius 1 is 1.50 bits per heavy atom. The molecule has 0 atom stereocenters. The summed E-state index contributed by atoms with van der Waals surface area (Å²) in [5, 5.41) is 2.65. The van der Waals surface area contributed by atoms with E-state index in [0.29, 0.717) is 6.42 Å². The second-order valence-electron chi connectivity index (χ2n) is 4.72. The van der Waals surface area contributed by atoms with Gasteiger partial charge in [-0.05, 0) is 30.9 Å². The highest BCUT2D eigenvalue weighted by Crippen LogP contribution is 2.32. The number of fused-ring (bicyclic) bond motifs is 1. The number of hydrogen-bond donors (Lipinski definition) is 2. The number of para-hydroxylation sites is 1. The van der Waals surface area contributed by atoms with E-state index in [4.69, 9.17) is 5.73 Å². The maximum absolute atomic E-state index is 11.2. The van der Waals surface area contributed by atoms with E-state index in [1.807, 2.05) is 12.1 Å². The number of rotatable bonds is 4. The van der Waals surface area contributed by atoms with Crippen molar-refractivity contribution in [3.05, 3.63) is 23.8 Å². The molecular formula is C14H21N3O. The maximum atomic E-state index is 11.2. The highest BCUT2D eigenvalue weighted by atomic mass is 16.1. The summed E-state index contributed by atoms with van der Waals surface area (Å²) in [4.78, 5) is 13.5. The van der Waals surface area contributed by atoms with Crippen LogP contribution in [0, 0.1) is 0 Å². The minimum Gasteiger partial charge on any atom is -0.397 e. The average Bonchev–Trinajstić information content (AvgIpc) is 2.39. The summed E-state index contributed by atoms with van der Waals surface area (Å²) in [5.74, 6) is 0.105. The number of nitrogens with two attached hydrogens (primary N) is 1. The molecule has 0 saturated carbocycles. The van der Waals surface area contributed by atoms with Crippen LogP contribution in [0.1, 0.15) is 24.8 Å². The van der Waals surface area contributed by atoms with Gasteiger partial charge in [0, 0.05) is 26.6 Å². The van der Waals surface area contributed by atoms with Crippen LogP contribution in [-0.2, 0) is 11.2 Å². The number of nitrogens with zero attached hydrogens (tertiary/aromatic N) is 1. The molecule has 98 valence electrons. The fourth-order valence-corrected chi connectivity index (χ4v) is 2.55. The standard InChI is InChI=1S/C14H21N3O/c1-16-13(18)8-4-10-17-9-3-6-11-5-2-7-12(15)14(11)17/h2,5,7H,3-4,6,8-10,15H2,1H3,(H,16,18). The molecule has 0 radical (unpaired) electrons. The summed E-state index contributed by atoms with van der Waals surface area (Å²) in [6.07, 6.45) is 3.71. The van der Waals surface area contributed by atoms with Crippen LogP contribution in [0.25, 0.3) is 0 Å². The summed E-state index contributed by atoms with van der Waals surface area (Å²) in [6, 6.07) is 6.12. The quantitative estimate of drug-likeness (QED) is 0.794. The number of benzene rings is 1. The Kier molecular flexibility index (Phi) is 4.07. The first kappa shape index (κ1) is 12.7. The molecule has 1 heterocycles. The van der Waals surface area contributed by atoms with E-state index in [2.05, 4.69) is 16.3 Å². The fraction of sp³-hybridized carbons (Fsp3) is 0.500. The van der Waals surface area contributed by atoms with Gasteiger partial charge in [-0.25, -0.2) is 0 Å². The molecule has 0 saturated heterocycles. The van der Waals surface area contributed by atoms with Gasteiger partial charge in [-0.2, -0.15) is 0 Å². The Labute approximate surface area is 108 Å². The predicted molar refractivity (Wildman–Crippen MR) is 74.7 cm³/mol. The van der Waals surface area contributed by atoms with Crippen LogP contribution in [0.2, 0.25) is 0 Å². The summed E-state index contributed by atoms with van der Waals surface area (Å²) >= 11 is 0. The highest BCUT2D eigenvalue weighted by molar-refractivity contribution is 5.76. The average molecular weight is 247 g/mol. The van der Waals surface area contributed by atoms with Gasteiger partial charge < -0.3 is 16.0 Å². The molecule has 0 bridgehead atoms. The molecule has 2 rings (SSSR count). The maximum Gasteiger partial charge on any atom is 0.219 e. The van der Waals surface area contributed by atoms with E-state index >= 15 is 0 Å². The Hall–Kier alpha value is -1.71. The monoisotopic (exact) mass is 247 g/mol. The lowest BCUT2D eigenvalue weighted by molar-refractivity contribution is -0.120. The summed E-state index contributed by atoms with van der Waals surface area (Å²) in [5.41, 5.74) is 9.44. The second-order valence-corrected chi connectivity index (χ2v) is 4.72. The first-order valence-corrected chi connectivity index (χ1v) is 6.55. The molecule has 1 aromatic carbocycles. The zero-order chi connectivity index (χ0) is 13.0. The summed E-state index contributed by atoms with van der Waals surface area (Å²) < 4.78 is 0. The van der Waals surface area contributed by atoms with E-state index in [-0.39, 0.29) is 5.91 Å². The molecule has 0 aliphatic carbocycles. The molecule has 0 fully saturated rings. The van der Waals surface area contributed by atoms with Crippen molar-refractivity contribution in [2.24, 2.45) is 0 Å². The third-order valence-electron chi connectivity index (χ3n) is 3.45. The molecule has 0 spiro atoms. The van der Waals surface area contributed by atoms with Crippen molar-refractivity contribution in [1.29, 1.82) is 0 Å². The Bertz CT molecular complexity index is 431. The molecule has 1 amide bonds. The van der Waals surface area contributed by atoms with Crippen LogP contribution in [0.5, 0.6) is 0 Å². The Balaban J connectivity index is 2.01. The minimum absolute atomic E-state index is 0.105. The number of nitrogens with one attached hydrogen (secondary N) is 1. The van der Waals surface area contributed by atoms with Crippen molar-refractivity contribution in [3.63, 3.8) is 0 Å². The van der Waals surface area contributed by atoms with Gasteiger partial charge in [0.05, 0.1) is 11.4 Å². The first-order chi connectivity index (χ1) is 8.72. The first-order valence-electron chi connectivity index (χ1n) is 6.55. The largest absolute Gasteiger partial charge is 0.397 e. The summed E-state index contributed by atoms with van der Waals surface area (Å²) in [7, 11) is 1.68. The van der Waals surface area contributed by atoms with E-state index in [1.165, 1.54) is 11.3 Å². The lowest BCUT2D eigenvalue weighted by atomic mass is 10.00. The number of aryl methyl sites for hydroxylation is 1. The third-order valence-corrected chi connectivity index (χ3v) is 3.45.